The van der Waals surface area contributed by atoms with Crippen LogP contribution in [-0.2, 0) is 6.42 Å². The Morgan fingerprint density at radius 2 is 1.67 bits per heavy atom. The topological polar surface area (TPSA) is 0 Å². The zero-order chi connectivity index (χ0) is 14.1. The molecule has 0 bridgehead atoms. The Labute approximate surface area is 124 Å². The molecule has 4 rings (SSSR count). The lowest BCUT2D eigenvalue weighted by molar-refractivity contribution is 1.22. The molecule has 98 valence electrons. The Morgan fingerprint density at radius 3 is 2.57 bits per heavy atom. The lowest BCUT2D eigenvalue weighted by atomic mass is 9.96. The van der Waals surface area contributed by atoms with E-state index in [1.807, 2.05) is 6.07 Å². The summed E-state index contributed by atoms with van der Waals surface area (Å²) >= 11 is 0. The fraction of sp³-hybridized carbons (Fsp3) is 0.0476. The van der Waals surface area contributed by atoms with Crippen molar-refractivity contribution in [1.82, 2.24) is 0 Å². The summed E-state index contributed by atoms with van der Waals surface area (Å²) in [5.74, 6) is 0. The zero-order valence-corrected chi connectivity index (χ0v) is 11.7. The molecule has 1 aliphatic carbocycles. The van der Waals surface area contributed by atoms with Gasteiger partial charge in [-0.05, 0) is 54.5 Å². The molecule has 0 spiro atoms. The van der Waals surface area contributed by atoms with Crippen molar-refractivity contribution in [3.8, 4) is 0 Å². The third kappa shape index (κ3) is 2.16. The van der Waals surface area contributed by atoms with Gasteiger partial charge in [0.2, 0.25) is 0 Å². The fourth-order valence-electron chi connectivity index (χ4n) is 2.94. The van der Waals surface area contributed by atoms with Crippen LogP contribution in [0.2, 0.25) is 0 Å². The first-order chi connectivity index (χ1) is 10.4. The van der Waals surface area contributed by atoms with E-state index < -0.39 is 0 Å². The van der Waals surface area contributed by atoms with Gasteiger partial charge in [0.15, 0.2) is 0 Å². The molecule has 0 nitrogen and oxygen atoms in total. The van der Waals surface area contributed by atoms with Gasteiger partial charge in [-0.2, -0.15) is 0 Å². The van der Waals surface area contributed by atoms with Crippen molar-refractivity contribution in [2.75, 3.05) is 0 Å². The molecule has 0 aliphatic heterocycles. The number of allylic oxidation sites excluding steroid dienone is 2. The molecule has 0 heteroatoms. The molecule has 0 fully saturated rings. The molecular weight excluding hydrogens is 252 g/mol. The highest BCUT2D eigenvalue weighted by Gasteiger charge is 2.10. The summed E-state index contributed by atoms with van der Waals surface area (Å²) < 4.78 is 0. The van der Waals surface area contributed by atoms with Crippen LogP contribution in [0.4, 0.5) is 0 Å². The van der Waals surface area contributed by atoms with E-state index >= 15 is 0 Å². The molecule has 0 unspecified atom stereocenters. The van der Waals surface area contributed by atoms with Crippen LogP contribution < -0.4 is 10.4 Å². The molecule has 0 radical (unpaired) electrons. The second kappa shape index (κ2) is 5.01. The first kappa shape index (κ1) is 12.1. The van der Waals surface area contributed by atoms with Crippen LogP contribution in [0.15, 0.2) is 72.8 Å². The van der Waals surface area contributed by atoms with Crippen molar-refractivity contribution in [2.45, 2.75) is 6.42 Å². The van der Waals surface area contributed by atoms with E-state index in [0.29, 0.717) is 0 Å². The second-order valence-corrected chi connectivity index (χ2v) is 5.34. The highest BCUT2D eigenvalue weighted by Crippen LogP contribution is 2.12. The highest BCUT2D eigenvalue weighted by molar-refractivity contribution is 5.86. The molecule has 0 N–H and O–H groups in total. The molecule has 3 aromatic rings. The van der Waals surface area contributed by atoms with Gasteiger partial charge in [0.1, 0.15) is 10.8 Å². The summed E-state index contributed by atoms with van der Waals surface area (Å²) in [6, 6.07) is 21.2. The Morgan fingerprint density at radius 1 is 0.857 bits per heavy atom. The Hall–Kier alpha value is -2.69. The van der Waals surface area contributed by atoms with Gasteiger partial charge in [0.05, 0.1) is 10.6 Å². The maximum atomic E-state index is 3.61. The summed E-state index contributed by atoms with van der Waals surface area (Å²) in [6.45, 7) is 0. The number of hydrogen-bond acceptors (Lipinski definition) is 0. The normalized spacial score (nSPS) is 13.6. The van der Waals surface area contributed by atoms with Crippen molar-refractivity contribution in [2.24, 2.45) is 0 Å². The van der Waals surface area contributed by atoms with E-state index in [9.17, 15) is 0 Å². The molecule has 21 heavy (non-hydrogen) atoms. The number of hydrogen-bond donors (Lipinski definition) is 0. The van der Waals surface area contributed by atoms with Crippen molar-refractivity contribution >= 4 is 22.9 Å². The van der Waals surface area contributed by atoms with E-state index in [4.69, 9.17) is 0 Å². The first-order valence-corrected chi connectivity index (χ1v) is 7.28. The van der Waals surface area contributed by atoms with Gasteiger partial charge < -0.3 is 0 Å². The van der Waals surface area contributed by atoms with Gasteiger partial charge in [-0.1, -0.05) is 24.3 Å². The molecule has 0 heterocycles. The third-order valence-corrected chi connectivity index (χ3v) is 3.96. The molecular formula is C21H15+. The molecule has 1 aliphatic rings. The van der Waals surface area contributed by atoms with Crippen LogP contribution >= 0.6 is 0 Å². The Balaban J connectivity index is 2.16. The van der Waals surface area contributed by atoms with Crippen LogP contribution in [0.5, 0.6) is 0 Å². The fourth-order valence-corrected chi connectivity index (χ4v) is 2.94. The number of fused-ring (bicyclic) bond motifs is 2. The van der Waals surface area contributed by atoms with Gasteiger partial charge in [-0.25, -0.2) is 0 Å². The van der Waals surface area contributed by atoms with Crippen molar-refractivity contribution < 1.29 is 0 Å². The van der Waals surface area contributed by atoms with Gasteiger partial charge in [0.25, 0.3) is 0 Å². The number of rotatable bonds is 1. The van der Waals surface area contributed by atoms with E-state index in [1.54, 1.807) is 0 Å². The maximum Gasteiger partial charge on any atom is 0.137 e. The molecule has 0 saturated heterocycles. The maximum absolute atomic E-state index is 3.61. The monoisotopic (exact) mass is 267 g/mol. The average Bonchev–Trinajstić information content (AvgIpc) is 2.55. The van der Waals surface area contributed by atoms with Crippen molar-refractivity contribution in [3.63, 3.8) is 0 Å². The van der Waals surface area contributed by atoms with Gasteiger partial charge in [-0.3, -0.25) is 0 Å². The van der Waals surface area contributed by atoms with Crippen LogP contribution in [0.3, 0.4) is 0 Å². The Kier molecular flexibility index (Phi) is 2.88. The SMILES string of the molecule is [C+](c1ccccc1)=c1c2c(cc3ccccc13)CC=CC=2. The van der Waals surface area contributed by atoms with Gasteiger partial charge in [0, 0.05) is 23.6 Å². The van der Waals surface area contributed by atoms with E-state index in [1.165, 1.54) is 26.8 Å². The quantitative estimate of drug-likeness (QED) is 0.593. The first-order valence-electron chi connectivity index (χ1n) is 7.28. The largest absolute Gasteiger partial charge is 0.137 e. The minimum Gasteiger partial charge on any atom is -0.0787 e. The van der Waals surface area contributed by atoms with Crippen molar-refractivity contribution in [3.05, 3.63) is 94.4 Å². The van der Waals surface area contributed by atoms with E-state index in [-0.39, 0.29) is 0 Å². The summed E-state index contributed by atoms with van der Waals surface area (Å²) in [5, 5.41) is 5.07. The zero-order valence-electron chi connectivity index (χ0n) is 11.7. The predicted molar refractivity (Wildman–Crippen MR) is 89.5 cm³/mol. The lowest BCUT2D eigenvalue weighted by Crippen LogP contribution is -2.30. The molecule has 0 aromatic heterocycles. The predicted octanol–water partition coefficient (Wildman–Crippen LogP) is 3.44. The summed E-state index contributed by atoms with van der Waals surface area (Å²) in [4.78, 5) is 0. The standard InChI is InChI=1S/C21H15/c1-2-8-16(9-3-1)14-21-19-12-6-4-10-17(19)15-18-11-5-7-13-20(18)21/h1-10,12-13,15H,11H2/q+1. The number of benzene rings is 3. The minimum atomic E-state index is 1.00. The van der Waals surface area contributed by atoms with E-state index in [2.05, 4.69) is 78.9 Å². The van der Waals surface area contributed by atoms with Crippen LogP contribution in [0.25, 0.3) is 22.9 Å². The van der Waals surface area contributed by atoms with Gasteiger partial charge in [-0.15, -0.1) is 0 Å². The molecule has 0 saturated carbocycles. The molecule has 3 aromatic carbocycles. The van der Waals surface area contributed by atoms with Gasteiger partial charge >= 0.3 is 0 Å². The highest BCUT2D eigenvalue weighted by atomic mass is 14.1. The second-order valence-electron chi connectivity index (χ2n) is 5.34. The molecule has 0 amide bonds. The third-order valence-electron chi connectivity index (χ3n) is 3.96. The lowest BCUT2D eigenvalue weighted by Gasteiger charge is -2.04. The summed E-state index contributed by atoms with van der Waals surface area (Å²) in [5.41, 5.74) is 2.51. The minimum absolute atomic E-state index is 1.00. The van der Waals surface area contributed by atoms with Crippen LogP contribution in [-0.4, -0.2) is 0 Å². The van der Waals surface area contributed by atoms with Crippen LogP contribution in [0.1, 0.15) is 11.1 Å². The van der Waals surface area contributed by atoms with Crippen molar-refractivity contribution in [1.29, 1.82) is 0 Å². The Bertz CT molecular complexity index is 944. The van der Waals surface area contributed by atoms with Crippen LogP contribution in [0, 0.1) is 0 Å². The van der Waals surface area contributed by atoms with E-state index in [0.717, 1.165) is 12.0 Å². The summed E-state index contributed by atoms with van der Waals surface area (Å²) in [6.07, 6.45) is 11.2. The smallest absolute Gasteiger partial charge is 0.0787 e. The molecule has 0 atom stereocenters. The summed E-state index contributed by atoms with van der Waals surface area (Å²) in [7, 11) is 0. The average molecular weight is 267 g/mol.